The van der Waals surface area contributed by atoms with Gasteiger partial charge in [0.25, 0.3) is 0 Å². The van der Waals surface area contributed by atoms with E-state index in [1.54, 1.807) is 13.0 Å². The van der Waals surface area contributed by atoms with Gasteiger partial charge in [-0.2, -0.15) is 5.26 Å². The second-order valence-corrected chi connectivity index (χ2v) is 7.40. The van der Waals surface area contributed by atoms with E-state index >= 15 is 0 Å². The van der Waals surface area contributed by atoms with E-state index in [0.29, 0.717) is 5.56 Å². The van der Waals surface area contributed by atoms with Crippen molar-refractivity contribution in [1.82, 2.24) is 0 Å². The third-order valence-corrected chi connectivity index (χ3v) is 6.12. The number of methoxy groups -OCH3 is 1. The van der Waals surface area contributed by atoms with Gasteiger partial charge >= 0.3 is 0 Å². The van der Waals surface area contributed by atoms with Crippen LogP contribution in [0.4, 0.5) is 4.39 Å². The Kier molecular flexibility index (Phi) is 3.85. The minimum absolute atomic E-state index is 0.0224. The molecule has 1 aromatic carbocycles. The number of hydrogen-bond donors (Lipinski definition) is 0. The van der Waals surface area contributed by atoms with Crippen molar-refractivity contribution in [3.05, 3.63) is 35.6 Å². The zero-order chi connectivity index (χ0) is 15.0. The molecule has 0 N–H and O–H groups in total. The van der Waals surface area contributed by atoms with Crippen LogP contribution in [-0.4, -0.2) is 33.1 Å². The fourth-order valence-corrected chi connectivity index (χ4v) is 4.86. The molecule has 6 heteroatoms. The Morgan fingerprint density at radius 3 is 2.70 bits per heavy atom. The molecule has 4 nitrogen and oxygen atoms in total. The van der Waals surface area contributed by atoms with Crippen molar-refractivity contribution in [2.45, 2.75) is 18.1 Å². The van der Waals surface area contributed by atoms with Gasteiger partial charge in [-0.05, 0) is 17.7 Å². The molecule has 2 rings (SSSR count). The average Bonchev–Trinajstić information content (AvgIpc) is 3.09. The van der Waals surface area contributed by atoms with Crippen LogP contribution in [0.2, 0.25) is 0 Å². The minimum atomic E-state index is -3.40. The Hall–Kier alpha value is -1.45. The number of ether oxygens (including phenoxy) is 1. The van der Waals surface area contributed by atoms with E-state index in [1.165, 1.54) is 25.3 Å². The van der Waals surface area contributed by atoms with Crippen LogP contribution >= 0.6 is 0 Å². The average molecular weight is 297 g/mol. The van der Waals surface area contributed by atoms with Gasteiger partial charge < -0.3 is 4.74 Å². The van der Waals surface area contributed by atoms with Gasteiger partial charge in [-0.25, -0.2) is 12.8 Å². The molecule has 0 bridgehead atoms. The molecule has 1 aliphatic rings. The number of nitrogens with zero attached hydrogens (tertiary/aromatic N) is 1. The quantitative estimate of drug-likeness (QED) is 0.832. The predicted molar refractivity (Wildman–Crippen MR) is 72.3 cm³/mol. The summed E-state index contributed by atoms with van der Waals surface area (Å²) in [4.78, 5) is 0. The molecule has 1 aliphatic carbocycles. The molecule has 0 aliphatic heterocycles. The summed E-state index contributed by atoms with van der Waals surface area (Å²) in [6.07, 6.45) is 0. The van der Waals surface area contributed by atoms with Crippen LogP contribution in [0.3, 0.4) is 0 Å². The highest BCUT2D eigenvalue weighted by molar-refractivity contribution is 7.92. The lowest BCUT2D eigenvalue weighted by molar-refractivity contribution is 0.162. The highest BCUT2D eigenvalue weighted by Gasteiger charge is 2.71. The van der Waals surface area contributed by atoms with Gasteiger partial charge in [0.05, 0.1) is 17.9 Å². The van der Waals surface area contributed by atoms with Crippen LogP contribution < -0.4 is 0 Å². The van der Waals surface area contributed by atoms with E-state index in [1.807, 2.05) is 0 Å². The summed E-state index contributed by atoms with van der Waals surface area (Å²) in [5, 5.41) is 8.60. The Labute approximate surface area is 118 Å². The smallest absolute Gasteiger partial charge is 0.155 e. The Balaban J connectivity index is 2.48. The van der Waals surface area contributed by atoms with Gasteiger partial charge in [-0.1, -0.05) is 19.1 Å². The number of halogens is 1. The van der Waals surface area contributed by atoms with E-state index in [-0.39, 0.29) is 12.4 Å². The fourth-order valence-electron chi connectivity index (χ4n) is 2.86. The maximum atomic E-state index is 13.3. The van der Waals surface area contributed by atoms with Crippen molar-refractivity contribution < 1.29 is 17.5 Å². The van der Waals surface area contributed by atoms with Crippen LogP contribution in [0.5, 0.6) is 0 Å². The maximum Gasteiger partial charge on any atom is 0.155 e. The van der Waals surface area contributed by atoms with Crippen LogP contribution in [-0.2, 0) is 14.6 Å². The summed E-state index contributed by atoms with van der Waals surface area (Å²) in [6, 6.07) is 7.84. The SMILES string of the molecule is CCS(=O)(=O)[C@H]1[C@H](c2cccc(F)c2)[C@@]1(C#N)COC. The Morgan fingerprint density at radius 1 is 1.50 bits per heavy atom. The van der Waals surface area contributed by atoms with Gasteiger partial charge in [0, 0.05) is 18.8 Å². The van der Waals surface area contributed by atoms with Gasteiger partial charge in [-0.15, -0.1) is 0 Å². The highest BCUT2D eigenvalue weighted by Crippen LogP contribution is 2.62. The molecule has 0 radical (unpaired) electrons. The third kappa shape index (κ3) is 2.21. The molecule has 108 valence electrons. The van der Waals surface area contributed by atoms with Crippen molar-refractivity contribution >= 4 is 9.84 Å². The number of nitriles is 1. The summed E-state index contributed by atoms with van der Waals surface area (Å²) < 4.78 is 42.7. The third-order valence-electron chi connectivity index (χ3n) is 3.84. The highest BCUT2D eigenvalue weighted by atomic mass is 32.2. The molecule has 3 atom stereocenters. The first kappa shape index (κ1) is 14.9. The molecule has 20 heavy (non-hydrogen) atoms. The fraction of sp³-hybridized carbons (Fsp3) is 0.500. The molecule has 0 aromatic heterocycles. The van der Waals surface area contributed by atoms with Gasteiger partial charge in [0.2, 0.25) is 0 Å². The summed E-state index contributed by atoms with van der Waals surface area (Å²) in [5.74, 6) is -1.02. The standard InChI is InChI=1S/C14H16FNO3S/c1-3-20(17,18)13-12(14(13,8-16)9-19-2)10-5-4-6-11(15)7-10/h4-7,12-13H,3,9H2,1-2H3/t12-,13-,14+/m0/s1. The summed E-state index contributed by atoms with van der Waals surface area (Å²) in [5.41, 5.74) is -0.581. The Bertz CT molecular complexity index is 653. The molecule has 1 saturated carbocycles. The summed E-state index contributed by atoms with van der Waals surface area (Å²) in [7, 11) is -1.98. The van der Waals surface area contributed by atoms with Crippen molar-refractivity contribution in [1.29, 1.82) is 5.26 Å². The number of sulfone groups is 1. The molecule has 0 heterocycles. The lowest BCUT2D eigenvalue weighted by atomic mass is 10.0. The second-order valence-electron chi connectivity index (χ2n) is 4.99. The molecule has 1 fully saturated rings. The van der Waals surface area contributed by atoms with E-state index in [2.05, 4.69) is 6.07 Å². The van der Waals surface area contributed by atoms with Crippen LogP contribution in [0, 0.1) is 22.6 Å². The zero-order valence-electron chi connectivity index (χ0n) is 11.3. The van der Waals surface area contributed by atoms with Crippen molar-refractivity contribution in [2.75, 3.05) is 19.5 Å². The molecule has 0 amide bonds. The van der Waals surface area contributed by atoms with E-state index in [4.69, 9.17) is 4.74 Å². The largest absolute Gasteiger partial charge is 0.383 e. The first-order chi connectivity index (χ1) is 9.43. The first-order valence-electron chi connectivity index (χ1n) is 6.30. The molecular formula is C14H16FNO3S. The van der Waals surface area contributed by atoms with Gasteiger partial charge in [0.15, 0.2) is 9.84 Å². The predicted octanol–water partition coefficient (Wildman–Crippen LogP) is 1.88. The zero-order valence-corrected chi connectivity index (χ0v) is 12.2. The van der Waals surface area contributed by atoms with E-state index in [9.17, 15) is 18.1 Å². The van der Waals surface area contributed by atoms with Gasteiger partial charge in [-0.3, -0.25) is 0 Å². The van der Waals surface area contributed by atoms with Crippen molar-refractivity contribution in [3.8, 4) is 6.07 Å². The maximum absolute atomic E-state index is 13.3. The molecular weight excluding hydrogens is 281 g/mol. The number of hydrogen-bond acceptors (Lipinski definition) is 4. The van der Waals surface area contributed by atoms with Crippen LogP contribution in [0.25, 0.3) is 0 Å². The topological polar surface area (TPSA) is 67.2 Å². The lowest BCUT2D eigenvalue weighted by Crippen LogP contribution is -2.20. The second kappa shape index (κ2) is 5.15. The number of rotatable bonds is 5. The molecule has 0 saturated heterocycles. The first-order valence-corrected chi connectivity index (χ1v) is 8.01. The van der Waals surface area contributed by atoms with Crippen LogP contribution in [0.1, 0.15) is 18.4 Å². The van der Waals surface area contributed by atoms with Crippen LogP contribution in [0.15, 0.2) is 24.3 Å². The molecule has 0 unspecified atom stereocenters. The van der Waals surface area contributed by atoms with E-state index in [0.717, 1.165) is 0 Å². The minimum Gasteiger partial charge on any atom is -0.383 e. The monoisotopic (exact) mass is 297 g/mol. The lowest BCUT2D eigenvalue weighted by Gasteiger charge is -2.07. The summed E-state index contributed by atoms with van der Waals surface area (Å²) >= 11 is 0. The van der Waals surface area contributed by atoms with Crippen molar-refractivity contribution in [2.24, 2.45) is 5.41 Å². The molecule has 1 aromatic rings. The summed E-state index contributed by atoms with van der Waals surface area (Å²) in [6.45, 7) is 1.57. The van der Waals surface area contributed by atoms with E-state index < -0.39 is 32.2 Å². The van der Waals surface area contributed by atoms with Crippen molar-refractivity contribution in [3.63, 3.8) is 0 Å². The Morgan fingerprint density at radius 2 is 2.20 bits per heavy atom. The van der Waals surface area contributed by atoms with Gasteiger partial charge in [0.1, 0.15) is 11.2 Å². The number of benzene rings is 1. The molecule has 0 spiro atoms. The normalized spacial score (nSPS) is 28.9.